The van der Waals surface area contributed by atoms with Gasteiger partial charge in [0, 0.05) is 17.8 Å². The van der Waals surface area contributed by atoms with E-state index < -0.39 is 5.91 Å². The molecule has 2 aromatic rings. The van der Waals surface area contributed by atoms with Crippen LogP contribution in [-0.2, 0) is 17.8 Å². The van der Waals surface area contributed by atoms with E-state index in [-0.39, 0.29) is 12.3 Å². The standard InChI is InChI=1S/C16H17N3O2/c17-10-13-4-2-1-3-12(13)9-15(20)19-14-7-5-11(6-8-14)16(18)21/h1-8H,9-10,17H2,(H2,18,21)(H,19,20). The molecule has 0 atom stereocenters. The van der Waals surface area contributed by atoms with Crippen LogP contribution >= 0.6 is 0 Å². The summed E-state index contributed by atoms with van der Waals surface area (Å²) in [6.45, 7) is 0.400. The van der Waals surface area contributed by atoms with Gasteiger partial charge in [-0.15, -0.1) is 0 Å². The van der Waals surface area contributed by atoms with Gasteiger partial charge < -0.3 is 16.8 Å². The summed E-state index contributed by atoms with van der Waals surface area (Å²) in [5.41, 5.74) is 13.7. The second-order valence-corrected chi connectivity index (χ2v) is 4.64. The highest BCUT2D eigenvalue weighted by Gasteiger charge is 2.08. The number of carbonyl (C=O) groups is 2. The Balaban J connectivity index is 2.03. The average Bonchev–Trinajstić information content (AvgIpc) is 2.48. The second kappa shape index (κ2) is 6.67. The zero-order valence-electron chi connectivity index (χ0n) is 11.5. The summed E-state index contributed by atoms with van der Waals surface area (Å²) in [7, 11) is 0. The predicted octanol–water partition coefficient (Wildman–Crippen LogP) is 1.43. The van der Waals surface area contributed by atoms with E-state index >= 15 is 0 Å². The van der Waals surface area contributed by atoms with Gasteiger partial charge in [-0.3, -0.25) is 9.59 Å². The maximum absolute atomic E-state index is 12.0. The highest BCUT2D eigenvalue weighted by atomic mass is 16.1. The lowest BCUT2D eigenvalue weighted by Gasteiger charge is -2.09. The molecular weight excluding hydrogens is 266 g/mol. The molecular formula is C16H17N3O2. The van der Waals surface area contributed by atoms with Gasteiger partial charge in [0.05, 0.1) is 6.42 Å². The molecule has 0 unspecified atom stereocenters. The van der Waals surface area contributed by atoms with Crippen LogP contribution in [0.5, 0.6) is 0 Å². The highest BCUT2D eigenvalue weighted by molar-refractivity contribution is 5.95. The average molecular weight is 283 g/mol. The third-order valence-electron chi connectivity index (χ3n) is 3.14. The normalized spacial score (nSPS) is 10.1. The van der Waals surface area contributed by atoms with Crippen molar-refractivity contribution < 1.29 is 9.59 Å². The molecule has 5 N–H and O–H groups in total. The fourth-order valence-corrected chi connectivity index (χ4v) is 2.03. The number of benzene rings is 2. The minimum Gasteiger partial charge on any atom is -0.366 e. The van der Waals surface area contributed by atoms with Crippen molar-refractivity contribution in [1.29, 1.82) is 0 Å². The predicted molar refractivity (Wildman–Crippen MR) is 81.6 cm³/mol. The van der Waals surface area contributed by atoms with E-state index in [4.69, 9.17) is 11.5 Å². The van der Waals surface area contributed by atoms with Gasteiger partial charge in [-0.25, -0.2) is 0 Å². The molecule has 21 heavy (non-hydrogen) atoms. The maximum Gasteiger partial charge on any atom is 0.248 e. The van der Waals surface area contributed by atoms with Gasteiger partial charge in [-0.05, 0) is 35.4 Å². The van der Waals surface area contributed by atoms with E-state index in [2.05, 4.69) is 5.32 Å². The first-order chi connectivity index (χ1) is 10.1. The number of primary amides is 1. The molecule has 2 aromatic carbocycles. The summed E-state index contributed by atoms with van der Waals surface area (Å²) in [5.74, 6) is -0.632. The lowest BCUT2D eigenvalue weighted by atomic mass is 10.0. The van der Waals surface area contributed by atoms with Crippen LogP contribution in [0.1, 0.15) is 21.5 Å². The SMILES string of the molecule is NCc1ccccc1CC(=O)Nc1ccc(C(N)=O)cc1. The molecule has 5 heteroatoms. The zero-order valence-corrected chi connectivity index (χ0v) is 11.5. The summed E-state index contributed by atoms with van der Waals surface area (Å²) < 4.78 is 0. The van der Waals surface area contributed by atoms with Crippen LogP contribution in [0.2, 0.25) is 0 Å². The largest absolute Gasteiger partial charge is 0.366 e. The Hall–Kier alpha value is -2.66. The third-order valence-corrected chi connectivity index (χ3v) is 3.14. The smallest absolute Gasteiger partial charge is 0.248 e. The molecule has 0 saturated heterocycles. The van der Waals surface area contributed by atoms with Crippen molar-refractivity contribution in [1.82, 2.24) is 0 Å². The molecule has 0 aliphatic heterocycles. The van der Waals surface area contributed by atoms with Crippen LogP contribution in [-0.4, -0.2) is 11.8 Å². The van der Waals surface area contributed by atoms with Crippen molar-refractivity contribution in [2.75, 3.05) is 5.32 Å². The first kappa shape index (κ1) is 14.7. The molecule has 0 aromatic heterocycles. The van der Waals surface area contributed by atoms with E-state index in [0.29, 0.717) is 17.8 Å². The van der Waals surface area contributed by atoms with Gasteiger partial charge in [0.15, 0.2) is 0 Å². The number of hydrogen-bond acceptors (Lipinski definition) is 3. The number of amides is 2. The van der Waals surface area contributed by atoms with Crippen LogP contribution in [0.15, 0.2) is 48.5 Å². The van der Waals surface area contributed by atoms with Gasteiger partial charge in [-0.1, -0.05) is 24.3 Å². The van der Waals surface area contributed by atoms with E-state index in [1.54, 1.807) is 24.3 Å². The molecule has 0 spiro atoms. The van der Waals surface area contributed by atoms with Crippen molar-refractivity contribution in [3.05, 3.63) is 65.2 Å². The Morgan fingerprint density at radius 2 is 1.57 bits per heavy atom. The summed E-state index contributed by atoms with van der Waals surface area (Å²) in [5, 5.41) is 2.78. The van der Waals surface area contributed by atoms with Gasteiger partial charge in [0.25, 0.3) is 0 Å². The molecule has 0 saturated carbocycles. The third kappa shape index (κ3) is 3.90. The molecule has 0 bridgehead atoms. The fourth-order valence-electron chi connectivity index (χ4n) is 2.03. The number of nitrogens with two attached hydrogens (primary N) is 2. The number of carbonyl (C=O) groups excluding carboxylic acids is 2. The quantitative estimate of drug-likeness (QED) is 0.774. The molecule has 0 radical (unpaired) electrons. The van der Waals surface area contributed by atoms with Crippen LogP contribution < -0.4 is 16.8 Å². The summed E-state index contributed by atoms with van der Waals surface area (Å²) in [6, 6.07) is 14.0. The van der Waals surface area contributed by atoms with Crippen LogP contribution in [0.25, 0.3) is 0 Å². The van der Waals surface area contributed by atoms with E-state index in [0.717, 1.165) is 11.1 Å². The van der Waals surface area contributed by atoms with E-state index in [1.165, 1.54) is 0 Å². The fraction of sp³-hybridized carbons (Fsp3) is 0.125. The molecule has 2 amide bonds. The lowest BCUT2D eigenvalue weighted by Crippen LogP contribution is -2.16. The Labute approximate surface area is 123 Å². The van der Waals surface area contributed by atoms with Crippen molar-refractivity contribution in [3.8, 4) is 0 Å². The van der Waals surface area contributed by atoms with Crippen LogP contribution in [0.4, 0.5) is 5.69 Å². The monoisotopic (exact) mass is 283 g/mol. The Morgan fingerprint density at radius 3 is 2.14 bits per heavy atom. The van der Waals surface area contributed by atoms with Gasteiger partial charge in [0.1, 0.15) is 0 Å². The zero-order chi connectivity index (χ0) is 15.2. The highest BCUT2D eigenvalue weighted by Crippen LogP contribution is 2.12. The number of nitrogens with one attached hydrogen (secondary N) is 1. The van der Waals surface area contributed by atoms with Gasteiger partial charge in [0.2, 0.25) is 11.8 Å². The lowest BCUT2D eigenvalue weighted by molar-refractivity contribution is -0.115. The molecule has 0 aliphatic rings. The van der Waals surface area contributed by atoms with Crippen LogP contribution in [0, 0.1) is 0 Å². The minimum absolute atomic E-state index is 0.136. The molecule has 0 aliphatic carbocycles. The van der Waals surface area contributed by atoms with Gasteiger partial charge in [-0.2, -0.15) is 0 Å². The number of hydrogen-bond donors (Lipinski definition) is 3. The first-order valence-corrected chi connectivity index (χ1v) is 6.56. The maximum atomic E-state index is 12.0. The second-order valence-electron chi connectivity index (χ2n) is 4.64. The van der Waals surface area contributed by atoms with Gasteiger partial charge >= 0.3 is 0 Å². The van der Waals surface area contributed by atoms with Crippen molar-refractivity contribution in [2.45, 2.75) is 13.0 Å². The topological polar surface area (TPSA) is 98.2 Å². The summed E-state index contributed by atoms with van der Waals surface area (Å²) in [4.78, 5) is 23.0. The van der Waals surface area contributed by atoms with Crippen LogP contribution in [0.3, 0.4) is 0 Å². The van der Waals surface area contributed by atoms with Crippen molar-refractivity contribution >= 4 is 17.5 Å². The molecule has 2 rings (SSSR count). The van der Waals surface area contributed by atoms with Crippen molar-refractivity contribution in [3.63, 3.8) is 0 Å². The molecule has 0 fully saturated rings. The molecule has 0 heterocycles. The summed E-state index contributed by atoms with van der Waals surface area (Å²) >= 11 is 0. The Morgan fingerprint density at radius 1 is 0.952 bits per heavy atom. The number of anilines is 1. The first-order valence-electron chi connectivity index (χ1n) is 6.56. The molecule has 108 valence electrons. The number of rotatable bonds is 5. The molecule has 5 nitrogen and oxygen atoms in total. The van der Waals surface area contributed by atoms with E-state index in [1.807, 2.05) is 24.3 Å². The Kier molecular flexibility index (Phi) is 4.68. The Bertz CT molecular complexity index is 651. The van der Waals surface area contributed by atoms with E-state index in [9.17, 15) is 9.59 Å². The minimum atomic E-state index is -0.496. The van der Waals surface area contributed by atoms with Crippen molar-refractivity contribution in [2.24, 2.45) is 11.5 Å². The summed E-state index contributed by atoms with van der Waals surface area (Å²) in [6.07, 6.45) is 0.255.